The lowest BCUT2D eigenvalue weighted by atomic mass is 9.75. The summed E-state index contributed by atoms with van der Waals surface area (Å²) in [7, 11) is 4.90. The molecule has 3 aromatic rings. The Kier molecular flexibility index (Phi) is 7.56. The van der Waals surface area contributed by atoms with Gasteiger partial charge in [0.15, 0.2) is 18.3 Å². The molecule has 0 bridgehead atoms. The van der Waals surface area contributed by atoms with Gasteiger partial charge in [0.25, 0.3) is 0 Å². The number of hydrogen-bond donors (Lipinski definition) is 0. The highest BCUT2D eigenvalue weighted by molar-refractivity contribution is 6.04. The van der Waals surface area contributed by atoms with Crippen LogP contribution in [-0.2, 0) is 26.2 Å². The molecule has 8 heteroatoms. The maximum Gasteiger partial charge on any atom is 0.189 e. The first kappa shape index (κ1) is 26.4. The summed E-state index contributed by atoms with van der Waals surface area (Å²) >= 11 is 0. The maximum atomic E-state index is 6.65. The van der Waals surface area contributed by atoms with E-state index < -0.39 is 5.41 Å². The average molecular weight is 525 g/mol. The lowest BCUT2D eigenvalue weighted by Crippen LogP contribution is -2.38. The average Bonchev–Trinajstić information content (AvgIpc) is 3.74. The number of benzene rings is 3. The van der Waals surface area contributed by atoms with E-state index in [4.69, 9.17) is 37.9 Å². The van der Waals surface area contributed by atoms with E-state index >= 15 is 0 Å². The third-order valence-corrected chi connectivity index (χ3v) is 7.65. The molecule has 8 nitrogen and oxygen atoms in total. The van der Waals surface area contributed by atoms with Crippen molar-refractivity contribution in [1.82, 2.24) is 0 Å². The summed E-state index contributed by atoms with van der Waals surface area (Å²) in [5, 5.41) is 1.60. The highest BCUT2D eigenvalue weighted by Gasteiger charge is 2.56. The van der Waals surface area contributed by atoms with Gasteiger partial charge in [0.05, 0.1) is 50.9 Å². The molecule has 1 saturated heterocycles. The van der Waals surface area contributed by atoms with E-state index in [9.17, 15) is 0 Å². The normalized spacial score (nSPS) is 21.6. The highest BCUT2D eigenvalue weighted by atomic mass is 16.7. The van der Waals surface area contributed by atoms with Crippen LogP contribution in [0.4, 0.5) is 0 Å². The van der Waals surface area contributed by atoms with Gasteiger partial charge < -0.3 is 37.9 Å². The number of hydrogen-bond acceptors (Lipinski definition) is 8. The van der Waals surface area contributed by atoms with Crippen LogP contribution in [0.1, 0.15) is 30.5 Å². The predicted octanol–water partition coefficient (Wildman–Crippen LogP) is 5.18. The third kappa shape index (κ3) is 4.51. The van der Waals surface area contributed by atoms with E-state index in [0.717, 1.165) is 27.5 Å². The van der Waals surface area contributed by atoms with Crippen molar-refractivity contribution in [2.24, 2.45) is 0 Å². The molecule has 0 radical (unpaired) electrons. The minimum atomic E-state index is -0.414. The lowest BCUT2D eigenvalue weighted by Gasteiger charge is -2.27. The second-order valence-corrected chi connectivity index (χ2v) is 9.82. The Morgan fingerprint density at radius 2 is 1.71 bits per heavy atom. The Labute approximate surface area is 223 Å². The zero-order valence-corrected chi connectivity index (χ0v) is 22.9. The molecule has 0 amide bonds. The fourth-order valence-electron chi connectivity index (χ4n) is 5.35. The first-order valence-electron chi connectivity index (χ1n) is 12.9. The molecule has 3 aromatic carbocycles. The molecular formula is C30H36O8. The number of fused-ring (bicyclic) bond motifs is 3. The van der Waals surface area contributed by atoms with Gasteiger partial charge in [-0.2, -0.15) is 0 Å². The fourth-order valence-corrected chi connectivity index (χ4v) is 5.35. The first-order valence-corrected chi connectivity index (χ1v) is 12.9. The largest absolute Gasteiger partial charge is 0.492 e. The molecule has 0 aliphatic carbocycles. The van der Waals surface area contributed by atoms with E-state index in [2.05, 4.69) is 13.8 Å². The fraction of sp³-hybridized carbons (Fsp3) is 0.467. The van der Waals surface area contributed by atoms with Crippen LogP contribution in [0.25, 0.3) is 10.8 Å². The van der Waals surface area contributed by atoms with Crippen LogP contribution >= 0.6 is 0 Å². The molecule has 5 rings (SSSR count). The molecule has 2 aliphatic heterocycles. The summed E-state index contributed by atoms with van der Waals surface area (Å²) in [5.74, 6) is 3.25. The second-order valence-electron chi connectivity index (χ2n) is 9.82. The Morgan fingerprint density at radius 1 is 0.974 bits per heavy atom. The second kappa shape index (κ2) is 10.9. The van der Waals surface area contributed by atoms with E-state index in [-0.39, 0.29) is 19.0 Å². The van der Waals surface area contributed by atoms with Crippen molar-refractivity contribution >= 4 is 10.8 Å². The van der Waals surface area contributed by atoms with E-state index in [1.807, 2.05) is 43.3 Å². The van der Waals surface area contributed by atoms with Crippen LogP contribution in [0.5, 0.6) is 28.7 Å². The van der Waals surface area contributed by atoms with Crippen molar-refractivity contribution in [3.63, 3.8) is 0 Å². The van der Waals surface area contributed by atoms with Gasteiger partial charge in [0, 0.05) is 23.6 Å². The molecular weight excluding hydrogens is 488 g/mol. The SMILES string of the molecule is COCCOCOc1cc2c(OC)c(OC)c(C)c(OCc3ccccc3)c2c2c1[C@@](C)([C@H]1CO1)[C@@H](C)O2. The zero-order valence-electron chi connectivity index (χ0n) is 22.9. The maximum absolute atomic E-state index is 6.65. The molecule has 1 fully saturated rings. The van der Waals surface area contributed by atoms with Crippen LogP contribution in [-0.4, -0.2) is 60.2 Å². The van der Waals surface area contributed by atoms with Crippen LogP contribution in [0.15, 0.2) is 36.4 Å². The molecule has 3 atom stereocenters. The number of epoxide rings is 1. The minimum absolute atomic E-state index is 0.0305. The summed E-state index contributed by atoms with van der Waals surface area (Å²) in [6.45, 7) is 8.27. The van der Waals surface area contributed by atoms with Gasteiger partial charge in [-0.1, -0.05) is 30.3 Å². The predicted molar refractivity (Wildman–Crippen MR) is 143 cm³/mol. The highest BCUT2D eigenvalue weighted by Crippen LogP contribution is 2.60. The minimum Gasteiger partial charge on any atom is -0.492 e. The summed E-state index contributed by atoms with van der Waals surface area (Å²) < 4.78 is 47.7. The van der Waals surface area contributed by atoms with Crippen LogP contribution < -0.4 is 23.7 Å². The number of methoxy groups -OCH3 is 3. The molecule has 38 heavy (non-hydrogen) atoms. The molecule has 0 saturated carbocycles. The summed E-state index contributed by atoms with van der Waals surface area (Å²) in [4.78, 5) is 0. The Balaban J connectivity index is 1.70. The van der Waals surface area contributed by atoms with Crippen LogP contribution in [0.2, 0.25) is 0 Å². The van der Waals surface area contributed by atoms with Gasteiger partial charge in [0.2, 0.25) is 0 Å². The molecule has 0 aromatic heterocycles. The number of ether oxygens (including phenoxy) is 8. The summed E-state index contributed by atoms with van der Waals surface area (Å²) in [6.07, 6.45) is -0.120. The van der Waals surface area contributed by atoms with Crippen molar-refractivity contribution in [2.75, 3.05) is 47.9 Å². The van der Waals surface area contributed by atoms with E-state index in [0.29, 0.717) is 55.2 Å². The Bertz CT molecular complexity index is 1290. The van der Waals surface area contributed by atoms with Crippen LogP contribution in [0, 0.1) is 6.92 Å². The van der Waals surface area contributed by atoms with Crippen molar-refractivity contribution in [1.29, 1.82) is 0 Å². The van der Waals surface area contributed by atoms with Gasteiger partial charge in [0.1, 0.15) is 30.0 Å². The van der Waals surface area contributed by atoms with Gasteiger partial charge >= 0.3 is 0 Å². The standard InChI is InChI=1S/C30H36O8/c1-18-26(36-15-20-10-8-7-9-11-20)24-21(28(33-6)27(18)32-5)14-22(37-17-34-13-12-31-4)25-29(24)38-19(2)30(25,3)23-16-35-23/h7-11,14,19,23H,12-13,15-17H2,1-6H3/t19-,23-,30-/m1/s1. The Morgan fingerprint density at radius 3 is 2.37 bits per heavy atom. The Hall–Kier alpha value is -3.20. The van der Waals surface area contributed by atoms with Gasteiger partial charge in [-0.15, -0.1) is 0 Å². The van der Waals surface area contributed by atoms with Crippen molar-refractivity contribution < 1.29 is 37.9 Å². The molecule has 0 unspecified atom stereocenters. The summed E-state index contributed by atoms with van der Waals surface area (Å²) in [6, 6.07) is 12.0. The number of rotatable bonds is 12. The monoisotopic (exact) mass is 524 g/mol. The topological polar surface area (TPSA) is 77.1 Å². The third-order valence-electron chi connectivity index (χ3n) is 7.65. The van der Waals surface area contributed by atoms with Gasteiger partial charge in [-0.3, -0.25) is 0 Å². The molecule has 0 spiro atoms. The molecule has 0 N–H and O–H groups in total. The first-order chi connectivity index (χ1) is 18.4. The van der Waals surface area contributed by atoms with E-state index in [1.165, 1.54) is 0 Å². The lowest BCUT2D eigenvalue weighted by molar-refractivity contribution is -0.00933. The molecule has 2 heterocycles. The zero-order chi connectivity index (χ0) is 26.9. The van der Waals surface area contributed by atoms with E-state index in [1.54, 1.807) is 21.3 Å². The quantitative estimate of drug-likeness (QED) is 0.182. The molecule has 2 aliphatic rings. The van der Waals surface area contributed by atoms with Crippen molar-refractivity contribution in [3.05, 3.63) is 53.1 Å². The van der Waals surface area contributed by atoms with Gasteiger partial charge in [-0.05, 0) is 32.4 Å². The smallest absolute Gasteiger partial charge is 0.189 e. The summed E-state index contributed by atoms with van der Waals surface area (Å²) in [5.41, 5.74) is 2.43. The van der Waals surface area contributed by atoms with Crippen molar-refractivity contribution in [3.8, 4) is 28.7 Å². The molecule has 204 valence electrons. The van der Waals surface area contributed by atoms with Gasteiger partial charge in [-0.25, -0.2) is 0 Å². The van der Waals surface area contributed by atoms with Crippen LogP contribution in [0.3, 0.4) is 0 Å². The van der Waals surface area contributed by atoms with Crippen molar-refractivity contribution in [2.45, 2.75) is 45.0 Å².